The van der Waals surface area contributed by atoms with E-state index in [-0.39, 0.29) is 31.1 Å². The Labute approximate surface area is 486 Å². The van der Waals surface area contributed by atoms with Crippen molar-refractivity contribution in [2.24, 2.45) is 0 Å². The van der Waals surface area contributed by atoms with Crippen LogP contribution in [0.4, 0.5) is 0 Å². The number of rotatable bonds is 65. The van der Waals surface area contributed by atoms with E-state index in [2.05, 4.69) is 57.2 Å². The number of carbonyl (C=O) groups is 3. The molecule has 0 radical (unpaired) electrons. The van der Waals surface area contributed by atoms with Gasteiger partial charge in [-0.2, -0.15) is 0 Å². The van der Waals surface area contributed by atoms with Crippen LogP contribution in [0.1, 0.15) is 387 Å². The zero-order valence-electron chi connectivity index (χ0n) is 52.7. The molecule has 6 heteroatoms. The van der Waals surface area contributed by atoms with Crippen molar-refractivity contribution in [1.82, 2.24) is 0 Å². The molecule has 0 fully saturated rings. The predicted molar refractivity (Wildman–Crippen MR) is 339 cm³/mol. The molecular formula is C72H134O6. The van der Waals surface area contributed by atoms with Crippen LogP contribution in [0.15, 0.2) is 36.5 Å². The first-order valence-electron chi connectivity index (χ1n) is 35.0. The summed E-state index contributed by atoms with van der Waals surface area (Å²) in [4.78, 5) is 38.0. The Bertz CT molecular complexity index is 1300. The third-order valence-corrected chi connectivity index (χ3v) is 15.9. The van der Waals surface area contributed by atoms with Crippen LogP contribution >= 0.6 is 0 Å². The lowest BCUT2D eigenvalue weighted by Gasteiger charge is -2.18. The first-order valence-corrected chi connectivity index (χ1v) is 35.0. The van der Waals surface area contributed by atoms with Gasteiger partial charge in [-0.15, -0.1) is 0 Å². The van der Waals surface area contributed by atoms with E-state index in [9.17, 15) is 14.4 Å². The third kappa shape index (κ3) is 64.5. The topological polar surface area (TPSA) is 78.9 Å². The monoisotopic (exact) mass is 1100 g/mol. The van der Waals surface area contributed by atoms with E-state index < -0.39 is 6.10 Å². The van der Waals surface area contributed by atoms with E-state index in [0.29, 0.717) is 19.3 Å². The quantitative estimate of drug-likeness (QED) is 0.0261. The van der Waals surface area contributed by atoms with Gasteiger partial charge >= 0.3 is 17.9 Å². The molecular weight excluding hydrogens is 961 g/mol. The Morgan fingerprint density at radius 2 is 0.462 bits per heavy atom. The van der Waals surface area contributed by atoms with Crippen molar-refractivity contribution in [3.63, 3.8) is 0 Å². The molecule has 0 saturated carbocycles. The summed E-state index contributed by atoms with van der Waals surface area (Å²) in [6.45, 7) is 6.60. The summed E-state index contributed by atoms with van der Waals surface area (Å²) in [5.41, 5.74) is 0. The molecule has 0 bridgehead atoms. The zero-order chi connectivity index (χ0) is 56.4. The molecule has 0 aliphatic rings. The van der Waals surface area contributed by atoms with Crippen molar-refractivity contribution in [3.8, 4) is 0 Å². The maximum Gasteiger partial charge on any atom is 0.306 e. The molecule has 0 amide bonds. The molecule has 0 aliphatic heterocycles. The fraction of sp³-hybridized carbons (Fsp3) is 0.875. The summed E-state index contributed by atoms with van der Waals surface area (Å²) in [5, 5.41) is 0. The number of allylic oxidation sites excluding steroid dienone is 6. The molecule has 78 heavy (non-hydrogen) atoms. The van der Waals surface area contributed by atoms with E-state index in [1.54, 1.807) is 0 Å². The number of hydrogen-bond donors (Lipinski definition) is 0. The van der Waals surface area contributed by atoms with Gasteiger partial charge in [0.2, 0.25) is 0 Å². The van der Waals surface area contributed by atoms with Gasteiger partial charge in [0.05, 0.1) is 0 Å². The minimum Gasteiger partial charge on any atom is -0.462 e. The second-order valence-corrected chi connectivity index (χ2v) is 23.8. The van der Waals surface area contributed by atoms with Crippen LogP contribution in [0.5, 0.6) is 0 Å². The third-order valence-electron chi connectivity index (χ3n) is 15.9. The van der Waals surface area contributed by atoms with Gasteiger partial charge in [0.1, 0.15) is 13.2 Å². The van der Waals surface area contributed by atoms with Gasteiger partial charge in [0, 0.05) is 19.3 Å². The Kier molecular flexibility index (Phi) is 65.1. The lowest BCUT2D eigenvalue weighted by atomic mass is 10.0. The molecule has 0 aromatic heterocycles. The van der Waals surface area contributed by atoms with Gasteiger partial charge < -0.3 is 14.2 Å². The zero-order valence-corrected chi connectivity index (χ0v) is 52.7. The van der Waals surface area contributed by atoms with Gasteiger partial charge in [-0.1, -0.05) is 346 Å². The smallest absolute Gasteiger partial charge is 0.306 e. The molecule has 1 atom stereocenters. The largest absolute Gasteiger partial charge is 0.462 e. The Hall–Kier alpha value is -2.37. The highest BCUT2D eigenvalue weighted by molar-refractivity contribution is 5.71. The van der Waals surface area contributed by atoms with Gasteiger partial charge in [-0.25, -0.2) is 0 Å². The second-order valence-electron chi connectivity index (χ2n) is 23.8. The molecule has 0 spiro atoms. The molecule has 0 rings (SSSR count). The molecule has 0 aromatic rings. The summed E-state index contributed by atoms with van der Waals surface area (Å²) < 4.78 is 16.8. The number of unbranched alkanes of at least 4 members (excludes halogenated alkanes) is 48. The van der Waals surface area contributed by atoms with Crippen molar-refractivity contribution in [2.45, 2.75) is 393 Å². The maximum absolute atomic E-state index is 12.8. The fourth-order valence-corrected chi connectivity index (χ4v) is 10.6. The van der Waals surface area contributed by atoms with Crippen molar-refractivity contribution in [2.75, 3.05) is 13.2 Å². The molecule has 0 saturated heterocycles. The van der Waals surface area contributed by atoms with Crippen LogP contribution in [0.3, 0.4) is 0 Å². The highest BCUT2D eigenvalue weighted by Crippen LogP contribution is 2.19. The summed E-state index contributed by atoms with van der Waals surface area (Å²) in [7, 11) is 0. The van der Waals surface area contributed by atoms with Crippen molar-refractivity contribution < 1.29 is 28.6 Å². The highest BCUT2D eigenvalue weighted by Gasteiger charge is 2.19. The lowest BCUT2D eigenvalue weighted by molar-refractivity contribution is -0.167. The van der Waals surface area contributed by atoms with Crippen LogP contribution in [0, 0.1) is 0 Å². The van der Waals surface area contributed by atoms with Gasteiger partial charge in [0.25, 0.3) is 0 Å². The second kappa shape index (κ2) is 67.1. The summed E-state index contributed by atoms with van der Waals surface area (Å²) >= 11 is 0. The lowest BCUT2D eigenvalue weighted by Crippen LogP contribution is -2.30. The molecule has 1 unspecified atom stereocenters. The SMILES string of the molecule is CCCCCCC/C=C\C/C=C\C/C=C\CCCCCCCCCCC(=O)OC(COC(=O)CCCCCCC)COC(=O)CCCCCCCCCCCCCCCCCCCCCCCCCCCCCCCCCC. The first kappa shape index (κ1) is 75.6. The van der Waals surface area contributed by atoms with Gasteiger partial charge in [0.15, 0.2) is 6.10 Å². The van der Waals surface area contributed by atoms with Crippen LogP contribution in [-0.2, 0) is 28.6 Å². The van der Waals surface area contributed by atoms with E-state index in [1.807, 2.05) is 0 Å². The number of hydrogen-bond acceptors (Lipinski definition) is 6. The number of carbonyl (C=O) groups excluding carboxylic acids is 3. The molecule has 0 heterocycles. The van der Waals surface area contributed by atoms with Crippen molar-refractivity contribution >= 4 is 17.9 Å². The first-order chi connectivity index (χ1) is 38.5. The Morgan fingerprint density at radius 3 is 0.718 bits per heavy atom. The number of esters is 3. The van der Waals surface area contributed by atoms with Crippen LogP contribution in [0.2, 0.25) is 0 Å². The van der Waals surface area contributed by atoms with E-state index in [1.165, 1.54) is 263 Å². The number of ether oxygens (including phenoxy) is 3. The minimum atomic E-state index is -0.771. The standard InChI is InChI=1S/C72H134O6/c1-4-7-10-13-15-17-19-21-23-25-27-29-31-32-33-34-35-36-37-38-39-41-42-44-46-48-50-52-54-56-59-62-65-71(74)77-68-69(67-76-70(73)64-61-58-12-9-6-3)78-72(75)66-63-60-57-55-53-51-49-47-45-43-40-30-28-26-24-22-20-18-16-14-11-8-5-2/h20,22,26,28,40,43,69H,4-19,21,23-25,27,29-39,41-42,44-68H2,1-3H3/b22-20-,28-26-,43-40-. The highest BCUT2D eigenvalue weighted by atomic mass is 16.6. The minimum absolute atomic E-state index is 0.0714. The molecule has 0 N–H and O–H groups in total. The summed E-state index contributed by atoms with van der Waals surface area (Å²) in [5.74, 6) is -0.871. The Balaban J connectivity index is 3.92. The Morgan fingerprint density at radius 1 is 0.256 bits per heavy atom. The molecule has 458 valence electrons. The molecule has 6 nitrogen and oxygen atoms in total. The summed E-state index contributed by atoms with van der Waals surface area (Å²) in [6.07, 6.45) is 83.8. The van der Waals surface area contributed by atoms with Crippen molar-refractivity contribution in [1.29, 1.82) is 0 Å². The normalized spacial score (nSPS) is 12.2. The van der Waals surface area contributed by atoms with Gasteiger partial charge in [-0.3, -0.25) is 14.4 Å². The van der Waals surface area contributed by atoms with Gasteiger partial charge in [-0.05, 0) is 57.8 Å². The van der Waals surface area contributed by atoms with Crippen LogP contribution < -0.4 is 0 Å². The van der Waals surface area contributed by atoms with E-state index >= 15 is 0 Å². The van der Waals surface area contributed by atoms with Crippen LogP contribution in [0.25, 0.3) is 0 Å². The maximum atomic E-state index is 12.8. The summed E-state index contributed by atoms with van der Waals surface area (Å²) in [6, 6.07) is 0. The van der Waals surface area contributed by atoms with Crippen molar-refractivity contribution in [3.05, 3.63) is 36.5 Å². The fourth-order valence-electron chi connectivity index (χ4n) is 10.6. The predicted octanol–water partition coefficient (Wildman–Crippen LogP) is 23.9. The average Bonchev–Trinajstić information content (AvgIpc) is 3.44. The molecule has 0 aromatic carbocycles. The molecule has 0 aliphatic carbocycles. The van der Waals surface area contributed by atoms with E-state index in [0.717, 1.165) is 83.5 Å². The average molecular weight is 1100 g/mol. The van der Waals surface area contributed by atoms with Crippen LogP contribution in [-0.4, -0.2) is 37.2 Å². The van der Waals surface area contributed by atoms with E-state index in [4.69, 9.17) is 14.2 Å².